The van der Waals surface area contributed by atoms with Gasteiger partial charge >= 0.3 is 5.97 Å². The zero-order valence-electron chi connectivity index (χ0n) is 11.3. The van der Waals surface area contributed by atoms with E-state index in [1.165, 1.54) is 0 Å². The minimum atomic E-state index is -0.984. The fraction of sp³-hybridized carbons (Fsp3) is 0.846. The van der Waals surface area contributed by atoms with Crippen molar-refractivity contribution in [2.24, 2.45) is 5.92 Å². The largest absolute Gasteiger partial charge is 0.480 e. The lowest BCUT2D eigenvalue weighted by Gasteiger charge is -2.19. The topological polar surface area (TPSA) is 75.6 Å². The number of nitrogens with one attached hydrogen (secondary N) is 1. The Morgan fingerprint density at radius 1 is 1.39 bits per heavy atom. The van der Waals surface area contributed by atoms with Crippen molar-refractivity contribution >= 4 is 11.9 Å². The zero-order chi connectivity index (χ0) is 13.7. The molecule has 5 heteroatoms. The highest BCUT2D eigenvalue weighted by atomic mass is 16.5. The van der Waals surface area contributed by atoms with Crippen molar-refractivity contribution in [3.8, 4) is 0 Å². The van der Waals surface area contributed by atoms with Crippen molar-refractivity contribution in [2.75, 3.05) is 0 Å². The molecule has 2 N–H and O–H groups in total. The number of carboxylic acid groups (broad SMARTS) is 1. The number of amides is 1. The number of carboxylic acids is 1. The molecule has 0 aromatic carbocycles. The minimum Gasteiger partial charge on any atom is -0.480 e. The molecule has 1 amide bonds. The first-order valence-electron chi connectivity index (χ1n) is 6.62. The lowest BCUT2D eigenvalue weighted by molar-refractivity contribution is -0.144. The number of carbonyl (C=O) groups is 2. The van der Waals surface area contributed by atoms with Crippen LogP contribution >= 0.6 is 0 Å². The van der Waals surface area contributed by atoms with Gasteiger partial charge in [-0.25, -0.2) is 4.79 Å². The summed E-state index contributed by atoms with van der Waals surface area (Å²) in [4.78, 5) is 23.0. The van der Waals surface area contributed by atoms with E-state index in [4.69, 9.17) is 9.84 Å². The van der Waals surface area contributed by atoms with Gasteiger partial charge < -0.3 is 15.2 Å². The fourth-order valence-corrected chi connectivity index (χ4v) is 2.16. The molecule has 0 radical (unpaired) electrons. The molecule has 1 fully saturated rings. The molecule has 18 heavy (non-hydrogen) atoms. The molecule has 1 rings (SSSR count). The van der Waals surface area contributed by atoms with E-state index < -0.39 is 18.1 Å². The predicted molar refractivity (Wildman–Crippen MR) is 67.2 cm³/mol. The quantitative estimate of drug-likeness (QED) is 0.757. The Kier molecular flexibility index (Phi) is 5.59. The summed E-state index contributed by atoms with van der Waals surface area (Å²) in [5.74, 6) is -1.06. The first-order chi connectivity index (χ1) is 8.43. The Morgan fingerprint density at radius 3 is 2.50 bits per heavy atom. The molecule has 1 aliphatic heterocycles. The second-order valence-electron chi connectivity index (χ2n) is 5.26. The molecular formula is C13H23NO4. The second-order valence-corrected chi connectivity index (χ2v) is 5.26. The van der Waals surface area contributed by atoms with E-state index in [1.54, 1.807) is 0 Å². The number of hydrogen-bond acceptors (Lipinski definition) is 3. The van der Waals surface area contributed by atoms with Crippen LogP contribution in [0, 0.1) is 5.92 Å². The summed E-state index contributed by atoms with van der Waals surface area (Å²) in [6, 6.07) is -0.818. The monoisotopic (exact) mass is 257 g/mol. The van der Waals surface area contributed by atoms with Gasteiger partial charge in [0.15, 0.2) is 0 Å². The highest BCUT2D eigenvalue weighted by Crippen LogP contribution is 2.22. The molecule has 1 saturated heterocycles. The maximum atomic E-state index is 11.9. The van der Waals surface area contributed by atoms with Crippen LogP contribution in [0.5, 0.6) is 0 Å². The average molecular weight is 257 g/mol. The van der Waals surface area contributed by atoms with E-state index in [-0.39, 0.29) is 17.9 Å². The number of carbonyl (C=O) groups excluding carboxylic acids is 1. The summed E-state index contributed by atoms with van der Waals surface area (Å²) < 4.78 is 5.55. The van der Waals surface area contributed by atoms with Gasteiger partial charge in [0, 0.05) is 0 Å². The van der Waals surface area contributed by atoms with E-state index >= 15 is 0 Å². The van der Waals surface area contributed by atoms with E-state index in [0.29, 0.717) is 12.8 Å². The van der Waals surface area contributed by atoms with Gasteiger partial charge in [0.2, 0.25) is 5.91 Å². The third-order valence-corrected chi connectivity index (χ3v) is 3.18. The van der Waals surface area contributed by atoms with Crippen LogP contribution < -0.4 is 5.32 Å². The van der Waals surface area contributed by atoms with Crippen molar-refractivity contribution in [3.63, 3.8) is 0 Å². The average Bonchev–Trinajstić information content (AvgIpc) is 2.75. The second kappa shape index (κ2) is 6.73. The normalized spacial score (nSPS) is 25.1. The number of aliphatic carboxylic acids is 1. The molecule has 1 aliphatic rings. The van der Waals surface area contributed by atoms with Gasteiger partial charge in [-0.05, 0) is 31.6 Å². The van der Waals surface area contributed by atoms with Crippen LogP contribution in [0.25, 0.3) is 0 Å². The van der Waals surface area contributed by atoms with Crippen LogP contribution in [-0.2, 0) is 14.3 Å². The minimum absolute atomic E-state index is 0.133. The smallest absolute Gasteiger partial charge is 0.326 e. The van der Waals surface area contributed by atoms with Crippen molar-refractivity contribution in [3.05, 3.63) is 0 Å². The summed E-state index contributed by atoms with van der Waals surface area (Å²) in [5, 5.41) is 11.6. The summed E-state index contributed by atoms with van der Waals surface area (Å²) in [7, 11) is 0. The summed E-state index contributed by atoms with van der Waals surface area (Å²) >= 11 is 0. The SMILES string of the molecule is CCC1CCC(C(=O)N[C@@H](CC(C)C)C(=O)O)O1. The van der Waals surface area contributed by atoms with Gasteiger partial charge in [-0.15, -0.1) is 0 Å². The maximum absolute atomic E-state index is 11.9. The van der Waals surface area contributed by atoms with Crippen molar-refractivity contribution in [1.82, 2.24) is 5.32 Å². The third-order valence-electron chi connectivity index (χ3n) is 3.18. The van der Waals surface area contributed by atoms with E-state index in [0.717, 1.165) is 12.8 Å². The van der Waals surface area contributed by atoms with Crippen molar-refractivity contribution in [2.45, 2.75) is 64.7 Å². The summed E-state index contributed by atoms with van der Waals surface area (Å²) in [6.07, 6.45) is 2.52. The number of hydrogen-bond donors (Lipinski definition) is 2. The van der Waals surface area contributed by atoms with Gasteiger partial charge in [0.25, 0.3) is 0 Å². The Morgan fingerprint density at radius 2 is 2.06 bits per heavy atom. The van der Waals surface area contributed by atoms with E-state index in [1.807, 2.05) is 20.8 Å². The van der Waals surface area contributed by atoms with Crippen molar-refractivity contribution < 1.29 is 19.4 Å². The first-order valence-corrected chi connectivity index (χ1v) is 6.62. The van der Waals surface area contributed by atoms with Gasteiger partial charge in [0.1, 0.15) is 12.1 Å². The Bertz CT molecular complexity index is 303. The lowest BCUT2D eigenvalue weighted by atomic mass is 10.0. The molecule has 0 spiro atoms. The first kappa shape index (κ1) is 15.0. The third kappa shape index (κ3) is 4.29. The van der Waals surface area contributed by atoms with Crippen LogP contribution in [0.1, 0.15) is 46.5 Å². The standard InChI is InChI=1S/C13H23NO4/c1-4-9-5-6-11(18-9)12(15)14-10(13(16)17)7-8(2)3/h8-11H,4-7H2,1-3H3,(H,14,15)(H,16,17)/t9?,10-,11?/m0/s1. The van der Waals surface area contributed by atoms with Crippen LogP contribution in [-0.4, -0.2) is 35.2 Å². The molecule has 104 valence electrons. The van der Waals surface area contributed by atoms with Crippen LogP contribution in [0.4, 0.5) is 0 Å². The summed E-state index contributed by atoms with van der Waals surface area (Å²) in [6.45, 7) is 5.88. The molecule has 0 saturated carbocycles. The molecular weight excluding hydrogens is 234 g/mol. The highest BCUT2D eigenvalue weighted by molar-refractivity contribution is 5.86. The lowest BCUT2D eigenvalue weighted by Crippen LogP contribution is -2.46. The van der Waals surface area contributed by atoms with Crippen LogP contribution in [0.3, 0.4) is 0 Å². The summed E-state index contributed by atoms with van der Waals surface area (Å²) in [5.41, 5.74) is 0. The molecule has 3 atom stereocenters. The number of ether oxygens (including phenoxy) is 1. The highest BCUT2D eigenvalue weighted by Gasteiger charge is 2.32. The van der Waals surface area contributed by atoms with Gasteiger partial charge in [-0.3, -0.25) is 4.79 Å². The maximum Gasteiger partial charge on any atom is 0.326 e. The molecule has 2 unspecified atom stereocenters. The molecule has 5 nitrogen and oxygen atoms in total. The molecule has 0 bridgehead atoms. The Hall–Kier alpha value is -1.10. The van der Waals surface area contributed by atoms with Crippen LogP contribution in [0.15, 0.2) is 0 Å². The van der Waals surface area contributed by atoms with Gasteiger partial charge in [0.05, 0.1) is 6.10 Å². The Balaban J connectivity index is 2.49. The molecule has 0 aromatic rings. The fourth-order valence-electron chi connectivity index (χ4n) is 2.16. The number of rotatable bonds is 6. The molecule has 0 aliphatic carbocycles. The van der Waals surface area contributed by atoms with E-state index in [9.17, 15) is 9.59 Å². The Labute approximate surface area is 108 Å². The zero-order valence-corrected chi connectivity index (χ0v) is 11.3. The van der Waals surface area contributed by atoms with Gasteiger partial charge in [-0.1, -0.05) is 20.8 Å². The van der Waals surface area contributed by atoms with Crippen molar-refractivity contribution in [1.29, 1.82) is 0 Å². The van der Waals surface area contributed by atoms with E-state index in [2.05, 4.69) is 5.32 Å². The van der Waals surface area contributed by atoms with Crippen LogP contribution in [0.2, 0.25) is 0 Å². The van der Waals surface area contributed by atoms with Gasteiger partial charge in [-0.2, -0.15) is 0 Å². The molecule has 0 aromatic heterocycles. The predicted octanol–water partition coefficient (Wildman–Crippen LogP) is 1.56. The molecule has 1 heterocycles.